The average Bonchev–Trinajstić information content (AvgIpc) is 2.92. The topological polar surface area (TPSA) is 105 Å². The zero-order chi connectivity index (χ0) is 32.1. The number of carbonyl (C=O) groups is 2. The monoisotopic (exact) mass is 609 g/mol. The second kappa shape index (κ2) is 13.5. The van der Waals surface area contributed by atoms with E-state index in [0.29, 0.717) is 11.4 Å². The van der Waals surface area contributed by atoms with Gasteiger partial charge >= 0.3 is 0 Å². The number of benzene rings is 3. The molecular weight excluding hydrogens is 566 g/mol. The molecule has 0 bridgehead atoms. The number of methoxy groups -OCH3 is 2. The number of aryl methyl sites for hydroxylation is 3. The SMILES string of the molecule is COc1ccc(S(=O)(=O)N(CC(=O)N(Cc2ccccc2C)C(C)C(=O)NC(C)(C)C)c2cc(C)cc(C)c2)cc1OC. The predicted molar refractivity (Wildman–Crippen MR) is 169 cm³/mol. The summed E-state index contributed by atoms with van der Waals surface area (Å²) in [4.78, 5) is 28.9. The summed E-state index contributed by atoms with van der Waals surface area (Å²) in [6, 6.07) is 16.4. The Morgan fingerprint density at radius 1 is 0.884 bits per heavy atom. The molecule has 10 heteroatoms. The van der Waals surface area contributed by atoms with Gasteiger partial charge in [0.25, 0.3) is 10.0 Å². The summed E-state index contributed by atoms with van der Waals surface area (Å²) in [5.74, 6) is -0.249. The lowest BCUT2D eigenvalue weighted by atomic mass is 10.1. The van der Waals surface area contributed by atoms with Crippen molar-refractivity contribution in [3.8, 4) is 11.5 Å². The van der Waals surface area contributed by atoms with E-state index in [2.05, 4.69) is 5.32 Å². The Kier molecular flexibility index (Phi) is 10.5. The Labute approximate surface area is 255 Å². The van der Waals surface area contributed by atoms with Crippen LogP contribution in [-0.2, 0) is 26.2 Å². The van der Waals surface area contributed by atoms with Gasteiger partial charge in [0.15, 0.2) is 11.5 Å². The summed E-state index contributed by atoms with van der Waals surface area (Å²) in [6.07, 6.45) is 0. The van der Waals surface area contributed by atoms with Gasteiger partial charge in [-0.05, 0) is 95.0 Å². The van der Waals surface area contributed by atoms with Crippen LogP contribution in [-0.4, -0.2) is 57.5 Å². The predicted octanol–water partition coefficient (Wildman–Crippen LogP) is 5.16. The third kappa shape index (κ3) is 8.28. The van der Waals surface area contributed by atoms with Crippen molar-refractivity contribution in [3.05, 3.63) is 82.9 Å². The van der Waals surface area contributed by atoms with Crippen LogP contribution in [0.15, 0.2) is 65.6 Å². The zero-order valence-corrected chi connectivity index (χ0v) is 27.3. The molecule has 0 aromatic heterocycles. The van der Waals surface area contributed by atoms with Crippen molar-refractivity contribution in [3.63, 3.8) is 0 Å². The number of ether oxygens (including phenoxy) is 2. The van der Waals surface area contributed by atoms with E-state index in [9.17, 15) is 18.0 Å². The Hall–Kier alpha value is -4.05. The first kappa shape index (κ1) is 33.5. The highest BCUT2D eigenvalue weighted by Crippen LogP contribution is 2.33. The number of nitrogens with zero attached hydrogens (tertiary/aromatic N) is 2. The van der Waals surface area contributed by atoms with Crippen LogP contribution in [0.4, 0.5) is 5.69 Å². The maximum absolute atomic E-state index is 14.3. The van der Waals surface area contributed by atoms with Gasteiger partial charge in [-0.2, -0.15) is 0 Å². The average molecular weight is 610 g/mol. The van der Waals surface area contributed by atoms with Gasteiger partial charge in [0.05, 0.1) is 24.8 Å². The molecule has 0 saturated heterocycles. The van der Waals surface area contributed by atoms with Crippen LogP contribution in [0.2, 0.25) is 0 Å². The standard InChI is InChI=1S/C33H43N3O6S/c1-22-16-23(2)18-27(17-22)36(43(39,40)28-14-15-29(41-8)30(19-28)42-9)21-31(37)35(20-26-13-11-10-12-24(26)3)25(4)32(38)34-33(5,6)7/h10-19,25H,20-21H2,1-9H3,(H,34,38). The molecule has 1 unspecified atom stereocenters. The zero-order valence-electron chi connectivity index (χ0n) is 26.5. The van der Waals surface area contributed by atoms with Gasteiger partial charge in [-0.1, -0.05) is 30.3 Å². The van der Waals surface area contributed by atoms with Gasteiger partial charge in [0.2, 0.25) is 11.8 Å². The minimum atomic E-state index is -4.28. The van der Waals surface area contributed by atoms with Gasteiger partial charge < -0.3 is 19.7 Å². The molecule has 43 heavy (non-hydrogen) atoms. The summed E-state index contributed by atoms with van der Waals surface area (Å²) in [6.45, 7) is 12.5. The molecule has 2 amide bonds. The van der Waals surface area contributed by atoms with E-state index >= 15 is 0 Å². The summed E-state index contributed by atoms with van der Waals surface area (Å²) < 4.78 is 40.3. The minimum absolute atomic E-state index is 0.0684. The number of carbonyl (C=O) groups excluding carboxylic acids is 2. The maximum atomic E-state index is 14.3. The van der Waals surface area contributed by atoms with E-state index < -0.39 is 34.1 Å². The van der Waals surface area contributed by atoms with Crippen molar-refractivity contribution in [1.29, 1.82) is 0 Å². The third-order valence-electron chi connectivity index (χ3n) is 6.98. The van der Waals surface area contributed by atoms with Crippen molar-refractivity contribution >= 4 is 27.5 Å². The second-order valence-electron chi connectivity index (χ2n) is 11.7. The maximum Gasteiger partial charge on any atom is 0.264 e. The van der Waals surface area contributed by atoms with Crippen LogP contribution in [0.25, 0.3) is 0 Å². The van der Waals surface area contributed by atoms with E-state index in [0.717, 1.165) is 26.6 Å². The van der Waals surface area contributed by atoms with Gasteiger partial charge in [-0.25, -0.2) is 8.42 Å². The second-order valence-corrected chi connectivity index (χ2v) is 13.6. The molecular formula is C33H43N3O6S. The summed E-state index contributed by atoms with van der Waals surface area (Å²) >= 11 is 0. The Bertz CT molecular complexity index is 1560. The third-order valence-corrected chi connectivity index (χ3v) is 8.75. The van der Waals surface area contributed by atoms with Gasteiger partial charge in [0.1, 0.15) is 12.6 Å². The number of anilines is 1. The fraction of sp³-hybridized carbons (Fsp3) is 0.394. The molecule has 0 heterocycles. The van der Waals surface area contributed by atoms with E-state index in [4.69, 9.17) is 9.47 Å². The number of sulfonamides is 1. The molecule has 3 aromatic rings. The molecule has 0 saturated carbocycles. The van der Waals surface area contributed by atoms with E-state index in [1.807, 2.05) is 71.9 Å². The summed E-state index contributed by atoms with van der Waals surface area (Å²) in [5.41, 5.74) is 3.29. The van der Waals surface area contributed by atoms with Crippen molar-refractivity contribution in [2.45, 2.75) is 71.5 Å². The molecule has 1 N–H and O–H groups in total. The highest BCUT2D eigenvalue weighted by Gasteiger charge is 2.34. The first-order valence-corrected chi connectivity index (χ1v) is 15.5. The van der Waals surface area contributed by atoms with Crippen molar-refractivity contribution in [2.24, 2.45) is 0 Å². The molecule has 1 atom stereocenters. The van der Waals surface area contributed by atoms with Crippen molar-refractivity contribution < 1.29 is 27.5 Å². The van der Waals surface area contributed by atoms with Crippen LogP contribution in [0, 0.1) is 20.8 Å². The van der Waals surface area contributed by atoms with E-state index in [1.165, 1.54) is 37.3 Å². The first-order chi connectivity index (χ1) is 20.1. The quantitative estimate of drug-likeness (QED) is 0.322. The normalized spacial score (nSPS) is 12.3. The molecule has 0 aliphatic rings. The minimum Gasteiger partial charge on any atom is -0.493 e. The van der Waals surface area contributed by atoms with Crippen LogP contribution < -0.4 is 19.1 Å². The van der Waals surface area contributed by atoms with Crippen molar-refractivity contribution in [2.75, 3.05) is 25.1 Å². The van der Waals surface area contributed by atoms with Gasteiger partial charge in [-0.3, -0.25) is 13.9 Å². The van der Waals surface area contributed by atoms with Gasteiger partial charge in [0, 0.05) is 18.2 Å². The Balaban J connectivity index is 2.13. The molecule has 9 nitrogen and oxygen atoms in total. The highest BCUT2D eigenvalue weighted by molar-refractivity contribution is 7.92. The van der Waals surface area contributed by atoms with Crippen LogP contribution in [0.1, 0.15) is 49.9 Å². The van der Waals surface area contributed by atoms with Crippen LogP contribution >= 0.6 is 0 Å². The van der Waals surface area contributed by atoms with Crippen LogP contribution in [0.3, 0.4) is 0 Å². The van der Waals surface area contributed by atoms with Gasteiger partial charge in [-0.15, -0.1) is 0 Å². The fourth-order valence-corrected chi connectivity index (χ4v) is 6.17. The Morgan fingerprint density at radius 2 is 1.49 bits per heavy atom. The highest BCUT2D eigenvalue weighted by atomic mass is 32.2. The lowest BCUT2D eigenvalue weighted by Gasteiger charge is -2.34. The molecule has 3 rings (SSSR count). The summed E-state index contributed by atoms with van der Waals surface area (Å²) in [5, 5.41) is 2.94. The molecule has 0 aliphatic carbocycles. The molecule has 232 valence electrons. The summed E-state index contributed by atoms with van der Waals surface area (Å²) in [7, 11) is -1.39. The number of hydrogen-bond acceptors (Lipinski definition) is 6. The number of rotatable bonds is 11. The molecule has 0 fully saturated rings. The molecule has 3 aromatic carbocycles. The molecule has 0 spiro atoms. The number of nitrogens with one attached hydrogen (secondary N) is 1. The van der Waals surface area contributed by atoms with Crippen molar-refractivity contribution in [1.82, 2.24) is 10.2 Å². The van der Waals surface area contributed by atoms with E-state index in [-0.39, 0.29) is 23.1 Å². The Morgan fingerprint density at radius 3 is 2.05 bits per heavy atom. The smallest absolute Gasteiger partial charge is 0.264 e. The molecule has 0 aliphatic heterocycles. The van der Waals surface area contributed by atoms with Crippen LogP contribution in [0.5, 0.6) is 11.5 Å². The molecule has 0 radical (unpaired) electrons. The lowest BCUT2D eigenvalue weighted by molar-refractivity contribution is -0.140. The lowest BCUT2D eigenvalue weighted by Crippen LogP contribution is -2.54. The largest absolute Gasteiger partial charge is 0.493 e. The number of hydrogen-bond donors (Lipinski definition) is 1. The fourth-order valence-electron chi connectivity index (χ4n) is 4.76. The van der Waals surface area contributed by atoms with E-state index in [1.54, 1.807) is 19.1 Å². The number of amides is 2. The first-order valence-electron chi connectivity index (χ1n) is 14.1.